The minimum atomic E-state index is -0.913. The molecule has 10 heteroatoms. The molecule has 0 amide bonds. The summed E-state index contributed by atoms with van der Waals surface area (Å²) in [7, 11) is 1.34. The Morgan fingerprint density at radius 1 is 1.00 bits per heavy atom. The van der Waals surface area contributed by atoms with Gasteiger partial charge in [0.1, 0.15) is 18.1 Å². The minimum absolute atomic E-state index is 0.0718. The summed E-state index contributed by atoms with van der Waals surface area (Å²) < 4.78 is 4.41. The van der Waals surface area contributed by atoms with Crippen LogP contribution >= 0.6 is 11.8 Å². The summed E-state index contributed by atoms with van der Waals surface area (Å²) in [6, 6.07) is -1.86. The number of ether oxygens (including phenoxy) is 1. The van der Waals surface area contributed by atoms with Crippen molar-refractivity contribution in [2.24, 2.45) is 29.0 Å². The van der Waals surface area contributed by atoms with Crippen molar-refractivity contribution >= 4 is 29.7 Å². The third kappa shape index (κ3) is 17.8. The molecule has 0 spiro atoms. The summed E-state index contributed by atoms with van der Waals surface area (Å²) >= 11 is 1.60. The standard InChI is InChI=1S/2C6H13NO2.C5H11NO2S/c1-4(2)5(7)6(8)9-3;1-3-4(2)5(7)6(8)9;1-9-3-2-4(6)5(7)8/h4-5H,7H2,1-3H3;4-5H,3,7H2,1-2H3,(H,8,9);4H,2-3,6H2,1H3,(H,7,8)/t5-;4-,5-;4-/m000/s1. The molecule has 0 radical (unpaired) electrons. The van der Waals surface area contributed by atoms with Crippen LogP contribution in [0.3, 0.4) is 0 Å². The number of carbonyl (C=O) groups is 3. The Kier molecular flexibility index (Phi) is 20.3. The van der Waals surface area contributed by atoms with E-state index in [1.54, 1.807) is 11.8 Å². The third-order valence-corrected chi connectivity index (χ3v) is 4.33. The first-order valence-electron chi connectivity index (χ1n) is 8.66. The molecular formula is C17H37N3O6S. The van der Waals surface area contributed by atoms with Crippen LogP contribution in [0.15, 0.2) is 0 Å². The van der Waals surface area contributed by atoms with Crippen molar-refractivity contribution in [2.75, 3.05) is 19.1 Å². The molecule has 8 N–H and O–H groups in total. The van der Waals surface area contributed by atoms with Crippen LogP contribution in [0.25, 0.3) is 0 Å². The zero-order valence-electron chi connectivity index (χ0n) is 17.2. The highest BCUT2D eigenvalue weighted by Gasteiger charge is 2.17. The zero-order chi connectivity index (χ0) is 22.2. The quantitative estimate of drug-likeness (QED) is 0.340. The molecule has 162 valence electrons. The Bertz CT molecular complexity index is 423. The molecule has 0 aromatic carbocycles. The Morgan fingerprint density at radius 3 is 1.67 bits per heavy atom. The van der Waals surface area contributed by atoms with Crippen molar-refractivity contribution in [1.82, 2.24) is 0 Å². The van der Waals surface area contributed by atoms with Crippen molar-refractivity contribution in [3.8, 4) is 0 Å². The largest absolute Gasteiger partial charge is 0.480 e. The van der Waals surface area contributed by atoms with Crippen LogP contribution in [-0.4, -0.2) is 65.4 Å². The molecule has 9 nitrogen and oxygen atoms in total. The van der Waals surface area contributed by atoms with Gasteiger partial charge in [-0.2, -0.15) is 11.8 Å². The number of carboxylic acids is 2. The van der Waals surface area contributed by atoms with E-state index in [4.69, 9.17) is 27.4 Å². The Morgan fingerprint density at radius 2 is 1.48 bits per heavy atom. The fourth-order valence-corrected chi connectivity index (χ4v) is 1.76. The lowest BCUT2D eigenvalue weighted by molar-refractivity contribution is -0.143. The van der Waals surface area contributed by atoms with E-state index in [1.807, 2.05) is 34.0 Å². The van der Waals surface area contributed by atoms with E-state index < -0.39 is 30.1 Å². The van der Waals surface area contributed by atoms with Gasteiger partial charge in [-0.3, -0.25) is 14.4 Å². The van der Waals surface area contributed by atoms with E-state index in [-0.39, 0.29) is 17.8 Å². The van der Waals surface area contributed by atoms with Crippen LogP contribution in [0.4, 0.5) is 0 Å². The second-order valence-corrected chi connectivity index (χ2v) is 7.25. The number of carboxylic acid groups (broad SMARTS) is 2. The molecular weight excluding hydrogens is 374 g/mol. The minimum Gasteiger partial charge on any atom is -0.480 e. The summed E-state index contributed by atoms with van der Waals surface area (Å²) in [5, 5.41) is 16.6. The van der Waals surface area contributed by atoms with E-state index in [0.29, 0.717) is 6.42 Å². The van der Waals surface area contributed by atoms with Crippen LogP contribution in [0.1, 0.15) is 40.5 Å². The van der Waals surface area contributed by atoms with Gasteiger partial charge in [0.25, 0.3) is 0 Å². The molecule has 4 atom stereocenters. The van der Waals surface area contributed by atoms with E-state index in [9.17, 15) is 14.4 Å². The van der Waals surface area contributed by atoms with Crippen molar-refractivity contribution in [3.05, 3.63) is 0 Å². The average Bonchev–Trinajstić information content (AvgIpc) is 2.63. The number of nitrogens with two attached hydrogens (primary N) is 3. The molecule has 0 aromatic rings. The Hall–Kier alpha value is -1.36. The van der Waals surface area contributed by atoms with Crippen molar-refractivity contribution in [2.45, 2.75) is 58.7 Å². The number of hydrogen-bond donors (Lipinski definition) is 5. The van der Waals surface area contributed by atoms with Crippen molar-refractivity contribution in [3.63, 3.8) is 0 Å². The van der Waals surface area contributed by atoms with E-state index in [1.165, 1.54) is 7.11 Å². The first-order chi connectivity index (χ1) is 12.4. The van der Waals surface area contributed by atoms with Gasteiger partial charge in [0.05, 0.1) is 7.11 Å². The summed E-state index contributed by atoms with van der Waals surface area (Å²) in [5.74, 6) is -1.13. The van der Waals surface area contributed by atoms with Gasteiger partial charge >= 0.3 is 17.9 Å². The topological polar surface area (TPSA) is 179 Å². The van der Waals surface area contributed by atoms with Crippen LogP contribution in [0.2, 0.25) is 0 Å². The number of aliphatic carboxylic acids is 2. The molecule has 0 aliphatic rings. The van der Waals surface area contributed by atoms with Gasteiger partial charge in [-0.05, 0) is 30.3 Å². The zero-order valence-corrected chi connectivity index (χ0v) is 18.0. The number of thioether (sulfide) groups is 1. The van der Waals surface area contributed by atoms with Gasteiger partial charge in [-0.15, -0.1) is 0 Å². The van der Waals surface area contributed by atoms with Crippen molar-refractivity contribution < 1.29 is 29.3 Å². The van der Waals surface area contributed by atoms with E-state index in [2.05, 4.69) is 4.74 Å². The normalized spacial score (nSPS) is 14.4. The van der Waals surface area contributed by atoms with Crippen LogP contribution < -0.4 is 17.2 Å². The summed E-state index contributed by atoms with van der Waals surface area (Å²) in [6.07, 6.45) is 3.29. The lowest BCUT2D eigenvalue weighted by atomic mass is 10.0. The average molecular weight is 412 g/mol. The molecule has 0 fully saturated rings. The predicted molar refractivity (Wildman–Crippen MR) is 109 cm³/mol. The second kappa shape index (κ2) is 18.0. The fourth-order valence-electron chi connectivity index (χ4n) is 1.27. The smallest absolute Gasteiger partial charge is 0.322 e. The Labute approximate surface area is 166 Å². The van der Waals surface area contributed by atoms with Gasteiger partial charge in [0.2, 0.25) is 0 Å². The van der Waals surface area contributed by atoms with Crippen LogP contribution in [0.5, 0.6) is 0 Å². The lowest BCUT2D eigenvalue weighted by Crippen LogP contribution is -2.36. The van der Waals surface area contributed by atoms with Gasteiger partial charge in [-0.25, -0.2) is 0 Å². The third-order valence-electron chi connectivity index (χ3n) is 3.68. The molecule has 27 heavy (non-hydrogen) atoms. The number of esters is 1. The SMILES string of the molecule is CC[C@H](C)[C@H](N)C(=O)O.COC(=O)[C@@H](N)C(C)C.CSCC[C@H](N)C(=O)O. The summed E-state index contributed by atoms with van der Waals surface area (Å²) in [6.45, 7) is 7.51. The highest BCUT2D eigenvalue weighted by atomic mass is 32.2. The van der Waals surface area contributed by atoms with Crippen molar-refractivity contribution in [1.29, 1.82) is 0 Å². The molecule has 0 bridgehead atoms. The van der Waals surface area contributed by atoms with Gasteiger partial charge in [0.15, 0.2) is 0 Å². The monoisotopic (exact) mass is 411 g/mol. The highest BCUT2D eigenvalue weighted by Crippen LogP contribution is 2.04. The van der Waals surface area contributed by atoms with Gasteiger partial charge in [-0.1, -0.05) is 34.1 Å². The summed E-state index contributed by atoms with van der Waals surface area (Å²) in [4.78, 5) is 30.9. The molecule has 0 saturated carbocycles. The Balaban J connectivity index is -0.000000320. The van der Waals surface area contributed by atoms with Gasteiger partial charge in [0, 0.05) is 0 Å². The molecule has 0 rings (SSSR count). The lowest BCUT2D eigenvalue weighted by Gasteiger charge is -2.11. The fraction of sp³-hybridized carbons (Fsp3) is 0.824. The first-order valence-corrected chi connectivity index (χ1v) is 10.1. The highest BCUT2D eigenvalue weighted by molar-refractivity contribution is 7.98. The van der Waals surface area contributed by atoms with Crippen LogP contribution in [-0.2, 0) is 19.1 Å². The van der Waals surface area contributed by atoms with Crippen LogP contribution in [0, 0.1) is 11.8 Å². The number of hydrogen-bond acceptors (Lipinski definition) is 8. The predicted octanol–water partition coefficient (Wildman–Crippen LogP) is 0.739. The first kappa shape index (κ1) is 30.4. The molecule has 0 heterocycles. The molecule has 0 aliphatic heterocycles. The molecule has 0 saturated heterocycles. The van der Waals surface area contributed by atoms with E-state index in [0.717, 1.165) is 12.2 Å². The van der Waals surface area contributed by atoms with Gasteiger partial charge < -0.3 is 32.2 Å². The molecule has 0 aliphatic carbocycles. The molecule has 0 aromatic heterocycles. The molecule has 0 unspecified atom stereocenters. The second-order valence-electron chi connectivity index (χ2n) is 6.27. The number of carbonyl (C=O) groups excluding carboxylic acids is 1. The number of rotatable bonds is 9. The summed E-state index contributed by atoms with van der Waals surface area (Å²) in [5.41, 5.74) is 15.9. The maximum absolute atomic E-state index is 10.6. The maximum atomic E-state index is 10.6. The maximum Gasteiger partial charge on any atom is 0.322 e. The number of methoxy groups -OCH3 is 1. The van der Waals surface area contributed by atoms with E-state index >= 15 is 0 Å².